The van der Waals surface area contributed by atoms with Gasteiger partial charge in [0.15, 0.2) is 0 Å². The molecule has 1 aliphatic rings. The lowest BCUT2D eigenvalue weighted by Gasteiger charge is -2.31. The number of aromatic nitrogens is 2. The second-order valence-electron chi connectivity index (χ2n) is 7.01. The highest BCUT2D eigenvalue weighted by atomic mass is 35.5. The highest BCUT2D eigenvalue weighted by Crippen LogP contribution is 2.23. The quantitative estimate of drug-likeness (QED) is 0.821. The normalized spacial score (nSPS) is 21.6. The van der Waals surface area contributed by atoms with Crippen molar-refractivity contribution in [2.24, 2.45) is 0 Å². The number of anilines is 1. The second-order valence-corrected chi connectivity index (χ2v) is 7.35. The topological polar surface area (TPSA) is 76.1 Å². The van der Waals surface area contributed by atoms with E-state index < -0.39 is 5.60 Å². The summed E-state index contributed by atoms with van der Waals surface area (Å²) in [4.78, 5) is 20.0. The fraction of sp³-hybridized carbons (Fsp3) is 0.688. The first-order valence-corrected chi connectivity index (χ1v) is 8.36. The summed E-state index contributed by atoms with van der Waals surface area (Å²) in [5, 5.41) is 6.62. The van der Waals surface area contributed by atoms with Gasteiger partial charge in [-0.2, -0.15) is 0 Å². The van der Waals surface area contributed by atoms with E-state index >= 15 is 0 Å². The molecule has 0 bridgehead atoms. The van der Waals surface area contributed by atoms with Gasteiger partial charge in [0.2, 0.25) is 5.28 Å². The second kappa shape index (κ2) is 7.34. The molecule has 128 valence electrons. The number of aryl methyl sites for hydroxylation is 1. The Morgan fingerprint density at radius 1 is 1.26 bits per heavy atom. The number of halogens is 1. The zero-order chi connectivity index (χ0) is 17.0. The third-order valence-corrected chi connectivity index (χ3v) is 3.91. The summed E-state index contributed by atoms with van der Waals surface area (Å²) in [6, 6.07) is 0.495. The number of carbonyl (C=O) groups is 1. The first kappa shape index (κ1) is 17.8. The summed E-state index contributed by atoms with van der Waals surface area (Å²) < 4.78 is 5.29. The van der Waals surface area contributed by atoms with Gasteiger partial charge in [-0.25, -0.2) is 14.8 Å². The molecule has 1 aromatic rings. The molecular formula is C16H25ClN4O2. The van der Waals surface area contributed by atoms with Crippen molar-refractivity contribution in [3.05, 3.63) is 17.0 Å². The van der Waals surface area contributed by atoms with Crippen molar-refractivity contribution >= 4 is 23.5 Å². The summed E-state index contributed by atoms with van der Waals surface area (Å²) in [6.45, 7) is 7.54. The first-order chi connectivity index (χ1) is 10.7. The smallest absolute Gasteiger partial charge is 0.407 e. The Morgan fingerprint density at radius 3 is 2.48 bits per heavy atom. The van der Waals surface area contributed by atoms with Crippen LogP contribution in [0.5, 0.6) is 0 Å². The van der Waals surface area contributed by atoms with Crippen LogP contribution in [-0.4, -0.2) is 33.7 Å². The van der Waals surface area contributed by atoms with Gasteiger partial charge in [0.05, 0.1) is 0 Å². The molecule has 1 aromatic heterocycles. The van der Waals surface area contributed by atoms with Gasteiger partial charge in [-0.3, -0.25) is 0 Å². The van der Waals surface area contributed by atoms with Gasteiger partial charge in [0.25, 0.3) is 0 Å². The van der Waals surface area contributed by atoms with Crippen LogP contribution >= 0.6 is 11.6 Å². The Hall–Kier alpha value is -1.56. The van der Waals surface area contributed by atoms with E-state index in [1.807, 2.05) is 27.7 Å². The van der Waals surface area contributed by atoms with Crippen LogP contribution in [0.3, 0.4) is 0 Å². The van der Waals surface area contributed by atoms with E-state index in [1.54, 1.807) is 6.20 Å². The molecule has 23 heavy (non-hydrogen) atoms. The zero-order valence-electron chi connectivity index (χ0n) is 14.1. The van der Waals surface area contributed by atoms with Gasteiger partial charge in [0.1, 0.15) is 11.4 Å². The number of amides is 1. The van der Waals surface area contributed by atoms with Crippen LogP contribution in [0.15, 0.2) is 6.20 Å². The maximum atomic E-state index is 11.8. The molecule has 2 N–H and O–H groups in total. The van der Waals surface area contributed by atoms with Crippen LogP contribution in [0.4, 0.5) is 10.6 Å². The summed E-state index contributed by atoms with van der Waals surface area (Å²) in [6.07, 6.45) is 5.12. The molecule has 0 spiro atoms. The Labute approximate surface area is 142 Å². The summed E-state index contributed by atoms with van der Waals surface area (Å²) in [7, 11) is 0. The van der Waals surface area contributed by atoms with Crippen molar-refractivity contribution in [2.45, 2.75) is 71.1 Å². The molecule has 6 nitrogen and oxygen atoms in total. The van der Waals surface area contributed by atoms with Crippen LogP contribution in [0.1, 0.15) is 52.0 Å². The van der Waals surface area contributed by atoms with E-state index in [4.69, 9.17) is 16.3 Å². The molecule has 1 saturated carbocycles. The Bertz CT molecular complexity index is 552. The molecule has 2 rings (SSSR count). The lowest BCUT2D eigenvalue weighted by atomic mass is 9.91. The summed E-state index contributed by atoms with van der Waals surface area (Å²) in [5.74, 6) is 0.786. The van der Waals surface area contributed by atoms with Gasteiger partial charge >= 0.3 is 6.09 Å². The monoisotopic (exact) mass is 340 g/mol. The van der Waals surface area contributed by atoms with Gasteiger partial charge in [0, 0.05) is 23.8 Å². The molecule has 1 amide bonds. The minimum atomic E-state index is -0.466. The number of alkyl carbamates (subject to hydrolysis) is 1. The predicted molar refractivity (Wildman–Crippen MR) is 90.8 cm³/mol. The molecular weight excluding hydrogens is 316 g/mol. The van der Waals surface area contributed by atoms with Gasteiger partial charge in [-0.15, -0.1) is 0 Å². The molecule has 0 radical (unpaired) electrons. The van der Waals surface area contributed by atoms with Crippen molar-refractivity contribution < 1.29 is 9.53 Å². The lowest BCUT2D eigenvalue weighted by molar-refractivity contribution is 0.0492. The molecule has 0 atom stereocenters. The van der Waals surface area contributed by atoms with E-state index in [9.17, 15) is 4.79 Å². The van der Waals surface area contributed by atoms with Crippen molar-refractivity contribution in [3.8, 4) is 0 Å². The maximum absolute atomic E-state index is 11.8. The average molecular weight is 341 g/mol. The molecule has 1 aliphatic carbocycles. The van der Waals surface area contributed by atoms with Crippen molar-refractivity contribution in [1.29, 1.82) is 0 Å². The predicted octanol–water partition coefficient (Wildman–Crippen LogP) is 3.69. The third kappa shape index (κ3) is 5.86. The van der Waals surface area contributed by atoms with Crippen molar-refractivity contribution in [1.82, 2.24) is 15.3 Å². The van der Waals surface area contributed by atoms with Crippen LogP contribution < -0.4 is 10.6 Å². The van der Waals surface area contributed by atoms with E-state index in [2.05, 4.69) is 20.6 Å². The molecule has 0 unspecified atom stereocenters. The highest BCUT2D eigenvalue weighted by molar-refractivity contribution is 6.28. The van der Waals surface area contributed by atoms with Crippen molar-refractivity contribution in [2.75, 3.05) is 5.32 Å². The Kier molecular flexibility index (Phi) is 5.68. The van der Waals surface area contributed by atoms with Gasteiger partial charge in [-0.05, 0) is 65.0 Å². The fourth-order valence-electron chi connectivity index (χ4n) is 2.62. The largest absolute Gasteiger partial charge is 0.444 e. The van der Waals surface area contributed by atoms with Crippen LogP contribution in [-0.2, 0) is 4.74 Å². The fourth-order valence-corrected chi connectivity index (χ4v) is 2.75. The number of carbonyl (C=O) groups excluding carboxylic acids is 1. The lowest BCUT2D eigenvalue weighted by Crippen LogP contribution is -2.42. The molecule has 1 fully saturated rings. The van der Waals surface area contributed by atoms with Gasteiger partial charge < -0.3 is 15.4 Å². The molecule has 0 aromatic carbocycles. The van der Waals surface area contributed by atoms with Crippen molar-refractivity contribution in [3.63, 3.8) is 0 Å². The number of hydrogen-bond donors (Lipinski definition) is 2. The minimum absolute atomic E-state index is 0.165. The summed E-state index contributed by atoms with van der Waals surface area (Å²) >= 11 is 5.84. The summed E-state index contributed by atoms with van der Waals surface area (Å²) in [5.41, 5.74) is 0.510. The van der Waals surface area contributed by atoms with E-state index in [1.165, 1.54) is 0 Å². The maximum Gasteiger partial charge on any atom is 0.407 e. The molecule has 0 aliphatic heterocycles. The molecule has 7 heteroatoms. The van der Waals surface area contributed by atoms with Crippen LogP contribution in [0.25, 0.3) is 0 Å². The number of rotatable bonds is 3. The number of nitrogens with one attached hydrogen (secondary N) is 2. The Morgan fingerprint density at radius 2 is 1.87 bits per heavy atom. The van der Waals surface area contributed by atoms with Crippen LogP contribution in [0, 0.1) is 6.92 Å². The Balaban J connectivity index is 1.80. The molecule has 1 heterocycles. The first-order valence-electron chi connectivity index (χ1n) is 7.98. The number of nitrogens with zero attached hydrogens (tertiary/aromatic N) is 2. The highest BCUT2D eigenvalue weighted by Gasteiger charge is 2.25. The standard InChI is InChI=1S/C16H25ClN4O2/c1-10-9-18-14(17)21-13(10)19-11-5-7-12(8-6-11)20-15(22)23-16(2,3)4/h9,11-12H,5-8H2,1-4H3,(H,20,22)(H,18,19,21). The van der Waals surface area contributed by atoms with E-state index in [-0.39, 0.29) is 17.4 Å². The van der Waals surface area contributed by atoms with E-state index in [0.717, 1.165) is 37.1 Å². The average Bonchev–Trinajstić information content (AvgIpc) is 2.43. The van der Waals surface area contributed by atoms with Gasteiger partial charge in [-0.1, -0.05) is 0 Å². The number of ether oxygens (including phenoxy) is 1. The zero-order valence-corrected chi connectivity index (χ0v) is 14.9. The minimum Gasteiger partial charge on any atom is -0.444 e. The molecule has 0 saturated heterocycles. The van der Waals surface area contributed by atoms with E-state index in [0.29, 0.717) is 6.04 Å². The van der Waals surface area contributed by atoms with Crippen LogP contribution in [0.2, 0.25) is 5.28 Å². The SMILES string of the molecule is Cc1cnc(Cl)nc1NC1CCC(NC(=O)OC(C)(C)C)CC1. The third-order valence-electron chi connectivity index (χ3n) is 3.73. The number of hydrogen-bond acceptors (Lipinski definition) is 5.